The molecule has 4 heterocycles. The van der Waals surface area contributed by atoms with Crippen molar-refractivity contribution in [2.75, 3.05) is 38.3 Å². The van der Waals surface area contributed by atoms with E-state index in [1.807, 2.05) is 18.2 Å². The van der Waals surface area contributed by atoms with E-state index in [0.717, 1.165) is 23.3 Å². The molecule has 1 aromatic carbocycles. The molecule has 5 rings (SSSR count). The summed E-state index contributed by atoms with van der Waals surface area (Å²) in [6, 6.07) is 6.49. The molecule has 1 aliphatic heterocycles. The lowest BCUT2D eigenvalue weighted by molar-refractivity contribution is -0.145. The van der Waals surface area contributed by atoms with Gasteiger partial charge < -0.3 is 24.2 Å². The van der Waals surface area contributed by atoms with Crippen LogP contribution < -0.4 is 9.64 Å². The van der Waals surface area contributed by atoms with Gasteiger partial charge in [-0.25, -0.2) is 15.0 Å². The van der Waals surface area contributed by atoms with E-state index in [0.29, 0.717) is 17.1 Å². The monoisotopic (exact) mass is 600 g/mol. The van der Waals surface area contributed by atoms with Gasteiger partial charge in [0.15, 0.2) is 0 Å². The van der Waals surface area contributed by atoms with Gasteiger partial charge in [-0.05, 0) is 24.3 Å². The maximum atomic E-state index is 13.6. The molecule has 4 aromatic rings. The molecule has 16 heteroatoms. The van der Waals surface area contributed by atoms with E-state index in [-0.39, 0.29) is 48.3 Å². The molecular weight excluding hydrogens is 578 g/mol. The first-order valence-corrected chi connectivity index (χ1v) is 13.0. The molecule has 0 bridgehead atoms. The van der Waals surface area contributed by atoms with Crippen molar-refractivity contribution < 1.29 is 41.0 Å². The van der Waals surface area contributed by atoms with Crippen LogP contribution in [0, 0.1) is 0 Å². The van der Waals surface area contributed by atoms with Gasteiger partial charge in [-0.3, -0.25) is 4.79 Å². The van der Waals surface area contributed by atoms with Gasteiger partial charge in [-0.15, -0.1) is 0 Å². The number of hydrogen-bond acceptors (Lipinski definition) is 8. The number of amides is 1. The molecule has 1 fully saturated rings. The summed E-state index contributed by atoms with van der Waals surface area (Å²) in [6.07, 6.45) is -6.33. The maximum Gasteiger partial charge on any atom is 0.451 e. The van der Waals surface area contributed by atoms with Gasteiger partial charge in [0.25, 0.3) is 0 Å². The Kier molecular flexibility index (Phi) is 7.54. The summed E-state index contributed by atoms with van der Waals surface area (Å²) < 4.78 is 86.4. The Morgan fingerprint density at radius 3 is 2.46 bits per heavy atom. The SMILES string of the molecule is COc1ccc2c(ccn2CC(=O)N2CCN(c3sc(C(F)(F)F)nc3-c3cnc(C(F)(F)F)nc3)CC2CO)c1. The number of fused-ring (bicyclic) bond motifs is 1. The lowest BCUT2D eigenvalue weighted by Gasteiger charge is -2.41. The second kappa shape index (κ2) is 10.8. The number of carbonyl (C=O) groups excluding carboxylic acids is 1. The van der Waals surface area contributed by atoms with Crippen LogP contribution in [-0.4, -0.2) is 74.8 Å². The van der Waals surface area contributed by atoms with Gasteiger partial charge in [-0.2, -0.15) is 26.3 Å². The topological polar surface area (TPSA) is 96.6 Å². The third kappa shape index (κ3) is 5.79. The first-order chi connectivity index (χ1) is 19.4. The highest BCUT2D eigenvalue weighted by molar-refractivity contribution is 7.16. The number of alkyl halides is 6. The number of halogens is 6. The van der Waals surface area contributed by atoms with E-state index >= 15 is 0 Å². The zero-order chi connectivity index (χ0) is 29.5. The van der Waals surface area contributed by atoms with Crippen molar-refractivity contribution in [3.8, 4) is 17.0 Å². The zero-order valence-corrected chi connectivity index (χ0v) is 22.1. The normalized spacial score (nSPS) is 16.4. The largest absolute Gasteiger partial charge is 0.497 e. The Labute approximate surface area is 232 Å². The molecule has 3 aromatic heterocycles. The van der Waals surface area contributed by atoms with E-state index < -0.39 is 35.8 Å². The van der Waals surface area contributed by atoms with Crippen LogP contribution in [-0.2, 0) is 23.7 Å². The fourth-order valence-corrected chi connectivity index (χ4v) is 5.63. The average Bonchev–Trinajstić information content (AvgIpc) is 3.57. The lowest BCUT2D eigenvalue weighted by atomic mass is 10.1. The molecule has 41 heavy (non-hydrogen) atoms. The quantitative estimate of drug-likeness (QED) is 0.330. The van der Waals surface area contributed by atoms with Crippen molar-refractivity contribution in [1.82, 2.24) is 24.4 Å². The number of piperazine rings is 1. The summed E-state index contributed by atoms with van der Waals surface area (Å²) in [5.41, 5.74) is 0.433. The standard InChI is InChI=1S/C25H22F6N6O3S/c1-40-17-2-3-18-14(8-17)4-5-35(18)12-19(39)37-7-6-36(11-16(37)13-38)21-20(34-23(41-21)25(29,30)31)15-9-32-22(33-10-15)24(26,27)28/h2-5,8-10,16,38H,6-7,11-13H2,1H3. The molecule has 0 spiro atoms. The Hall–Kier alpha value is -3.92. The molecule has 1 unspecified atom stereocenters. The maximum absolute atomic E-state index is 13.6. The van der Waals surface area contributed by atoms with Crippen molar-refractivity contribution in [3.05, 3.63) is 53.7 Å². The zero-order valence-electron chi connectivity index (χ0n) is 21.3. The number of ether oxygens (including phenoxy) is 1. The fourth-order valence-electron chi connectivity index (χ4n) is 4.64. The number of aromatic nitrogens is 4. The Balaban J connectivity index is 1.38. The number of aliphatic hydroxyl groups is 1. The predicted octanol–water partition coefficient (Wildman–Crippen LogP) is 4.31. The molecule has 218 valence electrons. The third-order valence-corrected chi connectivity index (χ3v) is 7.78. The highest BCUT2D eigenvalue weighted by atomic mass is 32.1. The van der Waals surface area contributed by atoms with Gasteiger partial charge >= 0.3 is 12.4 Å². The fraction of sp³-hybridized carbons (Fsp3) is 0.360. The summed E-state index contributed by atoms with van der Waals surface area (Å²) in [5.74, 6) is -1.07. The molecular formula is C25H22F6N6O3S. The first-order valence-electron chi connectivity index (χ1n) is 12.1. The van der Waals surface area contributed by atoms with E-state index in [9.17, 15) is 36.2 Å². The summed E-state index contributed by atoms with van der Waals surface area (Å²) in [7, 11) is 1.55. The number of thiazole rings is 1. The van der Waals surface area contributed by atoms with E-state index in [1.165, 1.54) is 9.80 Å². The van der Waals surface area contributed by atoms with Crippen LogP contribution in [0.2, 0.25) is 0 Å². The van der Waals surface area contributed by atoms with Gasteiger partial charge in [0.1, 0.15) is 23.0 Å². The van der Waals surface area contributed by atoms with Crippen LogP contribution in [0.1, 0.15) is 10.8 Å². The number of benzene rings is 1. The predicted molar refractivity (Wildman–Crippen MR) is 136 cm³/mol. The van der Waals surface area contributed by atoms with Crippen molar-refractivity contribution in [3.63, 3.8) is 0 Å². The highest BCUT2D eigenvalue weighted by Gasteiger charge is 2.39. The van der Waals surface area contributed by atoms with Gasteiger partial charge in [0, 0.05) is 54.7 Å². The summed E-state index contributed by atoms with van der Waals surface area (Å²) in [6.45, 7) is -0.340. The van der Waals surface area contributed by atoms with Gasteiger partial charge in [-0.1, -0.05) is 11.3 Å². The van der Waals surface area contributed by atoms with Crippen molar-refractivity contribution in [1.29, 1.82) is 0 Å². The molecule has 0 radical (unpaired) electrons. The van der Waals surface area contributed by atoms with Crippen LogP contribution in [0.25, 0.3) is 22.2 Å². The second-order valence-corrected chi connectivity index (χ2v) is 10.2. The molecule has 0 aliphatic carbocycles. The van der Waals surface area contributed by atoms with Crippen molar-refractivity contribution in [2.24, 2.45) is 0 Å². The molecule has 1 N–H and O–H groups in total. The highest BCUT2D eigenvalue weighted by Crippen LogP contribution is 2.43. The molecule has 1 amide bonds. The number of carbonyl (C=O) groups is 1. The summed E-state index contributed by atoms with van der Waals surface area (Å²) in [5, 5.41) is 9.79. The Bertz CT molecular complexity index is 1550. The van der Waals surface area contributed by atoms with E-state index in [2.05, 4.69) is 15.0 Å². The Morgan fingerprint density at radius 1 is 1.10 bits per heavy atom. The minimum absolute atomic E-state index is 0.0246. The van der Waals surface area contributed by atoms with Crippen LogP contribution in [0.15, 0.2) is 42.9 Å². The number of aliphatic hydroxyl groups excluding tert-OH is 1. The molecule has 0 saturated carbocycles. The average molecular weight is 601 g/mol. The van der Waals surface area contributed by atoms with Gasteiger partial charge in [0.05, 0.1) is 19.8 Å². The molecule has 1 atom stereocenters. The van der Waals surface area contributed by atoms with Gasteiger partial charge in [0.2, 0.25) is 16.7 Å². The van der Waals surface area contributed by atoms with Crippen LogP contribution in [0.5, 0.6) is 5.75 Å². The Morgan fingerprint density at radius 2 is 1.83 bits per heavy atom. The molecule has 1 saturated heterocycles. The number of hydrogen-bond donors (Lipinski definition) is 1. The minimum Gasteiger partial charge on any atom is -0.497 e. The summed E-state index contributed by atoms with van der Waals surface area (Å²) >= 11 is 0.320. The van der Waals surface area contributed by atoms with E-state index in [1.54, 1.807) is 23.9 Å². The lowest BCUT2D eigenvalue weighted by Crippen LogP contribution is -2.57. The number of nitrogens with zero attached hydrogens (tertiary/aromatic N) is 6. The smallest absolute Gasteiger partial charge is 0.451 e. The van der Waals surface area contributed by atoms with Crippen molar-refractivity contribution in [2.45, 2.75) is 24.9 Å². The van der Waals surface area contributed by atoms with Crippen LogP contribution in [0.4, 0.5) is 31.3 Å². The summed E-state index contributed by atoms with van der Waals surface area (Å²) in [4.78, 5) is 26.4. The number of rotatable bonds is 6. The minimum atomic E-state index is -4.82. The van der Waals surface area contributed by atoms with Crippen LogP contribution >= 0.6 is 11.3 Å². The molecule has 1 aliphatic rings. The molecule has 9 nitrogen and oxygen atoms in total. The van der Waals surface area contributed by atoms with Crippen LogP contribution in [0.3, 0.4) is 0 Å². The first kappa shape index (κ1) is 28.6. The van der Waals surface area contributed by atoms with E-state index in [4.69, 9.17) is 4.74 Å². The second-order valence-electron chi connectivity index (χ2n) is 9.20. The number of anilines is 1. The number of methoxy groups -OCH3 is 1. The third-order valence-electron chi connectivity index (χ3n) is 6.62. The van der Waals surface area contributed by atoms with Crippen molar-refractivity contribution >= 4 is 33.1 Å².